The van der Waals surface area contributed by atoms with Crippen molar-refractivity contribution in [3.05, 3.63) is 93.0 Å². The molecule has 1 spiro atoms. The number of ether oxygens (including phenoxy) is 1. The predicted molar refractivity (Wildman–Crippen MR) is 166 cm³/mol. The Bertz CT molecular complexity index is 1540. The molecule has 0 saturated heterocycles. The summed E-state index contributed by atoms with van der Waals surface area (Å²) in [4.78, 5) is 30.6. The van der Waals surface area contributed by atoms with E-state index >= 15 is 0 Å². The van der Waals surface area contributed by atoms with E-state index in [0.29, 0.717) is 31.0 Å². The predicted octanol–water partition coefficient (Wildman–Crippen LogP) is 4.52. The third kappa shape index (κ3) is 6.86. The van der Waals surface area contributed by atoms with Gasteiger partial charge in [-0.25, -0.2) is 4.98 Å². The summed E-state index contributed by atoms with van der Waals surface area (Å²) in [5, 5.41) is 18.4. The van der Waals surface area contributed by atoms with Crippen molar-refractivity contribution < 1.29 is 14.6 Å². The molecule has 1 aliphatic carbocycles. The number of benzene rings is 1. The Balaban J connectivity index is 1.24. The van der Waals surface area contributed by atoms with E-state index in [0.717, 1.165) is 56.1 Å². The molecule has 2 aromatic heterocycles. The van der Waals surface area contributed by atoms with Crippen LogP contribution in [0.4, 0.5) is 0 Å². The molecule has 3 aliphatic rings. The molecule has 8 nitrogen and oxygen atoms in total. The molecular weight excluding hydrogens is 540 g/mol. The summed E-state index contributed by atoms with van der Waals surface area (Å²) in [6, 6.07) is 13.0. The van der Waals surface area contributed by atoms with Crippen LogP contribution in [-0.2, 0) is 25.8 Å². The molecule has 3 aromatic rings. The van der Waals surface area contributed by atoms with Crippen LogP contribution >= 0.6 is 0 Å². The van der Waals surface area contributed by atoms with Gasteiger partial charge in [-0.2, -0.15) is 0 Å². The first-order valence-corrected chi connectivity index (χ1v) is 15.7. The topological polar surface area (TPSA) is 105 Å². The van der Waals surface area contributed by atoms with Gasteiger partial charge < -0.3 is 25.0 Å². The van der Waals surface area contributed by atoms with E-state index < -0.39 is 12.1 Å². The van der Waals surface area contributed by atoms with Crippen molar-refractivity contribution in [1.29, 1.82) is 0 Å². The SMILES string of the molecule is CC(C)(C)Cc1cnc2c(c1)C(NCC(O)C1Cc3cccc(c3)CCCn3cc(ccc3=O)C(=O)N1)CC1(CCC1)O2. The molecule has 4 bridgehead atoms. The van der Waals surface area contributed by atoms with Crippen molar-refractivity contribution in [2.45, 2.75) is 102 Å². The van der Waals surface area contributed by atoms with Gasteiger partial charge in [0.05, 0.1) is 17.7 Å². The second-order valence-corrected chi connectivity index (χ2v) is 14.0. The molecule has 6 rings (SSSR count). The van der Waals surface area contributed by atoms with Gasteiger partial charge in [-0.1, -0.05) is 45.0 Å². The zero-order valence-corrected chi connectivity index (χ0v) is 25.6. The van der Waals surface area contributed by atoms with Crippen molar-refractivity contribution in [2.24, 2.45) is 5.41 Å². The van der Waals surface area contributed by atoms with Crippen molar-refractivity contribution in [3.8, 4) is 5.88 Å². The fourth-order valence-electron chi connectivity index (χ4n) is 6.75. The van der Waals surface area contributed by atoms with Crippen LogP contribution in [0, 0.1) is 5.41 Å². The largest absolute Gasteiger partial charge is 0.471 e. The van der Waals surface area contributed by atoms with Crippen LogP contribution in [-0.4, -0.2) is 44.9 Å². The fraction of sp³-hybridized carbons (Fsp3) is 0.514. The lowest BCUT2D eigenvalue weighted by Gasteiger charge is -2.47. The van der Waals surface area contributed by atoms with Crippen molar-refractivity contribution in [2.75, 3.05) is 6.54 Å². The minimum absolute atomic E-state index is 0.0107. The number of hydrogen-bond donors (Lipinski definition) is 3. The number of pyridine rings is 2. The first kappa shape index (κ1) is 29.6. The highest BCUT2D eigenvalue weighted by Crippen LogP contribution is 2.48. The molecule has 4 heterocycles. The number of aliphatic hydroxyl groups is 1. The van der Waals surface area contributed by atoms with E-state index in [1.165, 1.54) is 17.2 Å². The second-order valence-electron chi connectivity index (χ2n) is 14.0. The Morgan fingerprint density at radius 1 is 1.14 bits per heavy atom. The summed E-state index contributed by atoms with van der Waals surface area (Å²) in [7, 11) is 0. The first-order chi connectivity index (χ1) is 20.6. The number of aryl methyl sites for hydroxylation is 2. The Hall–Kier alpha value is -3.49. The van der Waals surface area contributed by atoms with Crippen molar-refractivity contribution >= 4 is 5.91 Å². The third-order valence-corrected chi connectivity index (χ3v) is 9.11. The maximum absolute atomic E-state index is 13.4. The zero-order chi connectivity index (χ0) is 30.2. The summed E-state index contributed by atoms with van der Waals surface area (Å²) in [6.07, 6.45) is 9.74. The lowest BCUT2D eigenvalue weighted by molar-refractivity contribution is -0.0421. The van der Waals surface area contributed by atoms with E-state index in [-0.39, 0.29) is 28.5 Å². The average Bonchev–Trinajstić information content (AvgIpc) is 2.95. The molecule has 0 radical (unpaired) electrons. The molecule has 2 aliphatic heterocycles. The number of fused-ring (bicyclic) bond motifs is 5. The van der Waals surface area contributed by atoms with Gasteiger partial charge in [-0.05, 0) is 79.2 Å². The highest BCUT2D eigenvalue weighted by atomic mass is 16.5. The molecule has 1 amide bonds. The van der Waals surface area contributed by atoms with E-state index in [1.54, 1.807) is 16.8 Å². The Kier molecular flexibility index (Phi) is 8.18. The van der Waals surface area contributed by atoms with Gasteiger partial charge in [0.15, 0.2) is 0 Å². The summed E-state index contributed by atoms with van der Waals surface area (Å²) < 4.78 is 8.06. The fourth-order valence-corrected chi connectivity index (χ4v) is 6.75. The van der Waals surface area contributed by atoms with Crippen LogP contribution in [0.5, 0.6) is 5.88 Å². The molecule has 1 saturated carbocycles. The van der Waals surface area contributed by atoms with E-state index in [1.807, 2.05) is 18.3 Å². The molecule has 3 atom stereocenters. The molecule has 3 N–H and O–H groups in total. The third-order valence-electron chi connectivity index (χ3n) is 9.11. The van der Waals surface area contributed by atoms with Crippen molar-refractivity contribution in [3.63, 3.8) is 0 Å². The number of aromatic nitrogens is 2. The number of hydrogen-bond acceptors (Lipinski definition) is 6. The van der Waals surface area contributed by atoms with Gasteiger partial charge in [0.1, 0.15) is 5.60 Å². The Morgan fingerprint density at radius 2 is 1.95 bits per heavy atom. The van der Waals surface area contributed by atoms with E-state index in [9.17, 15) is 14.7 Å². The lowest BCUT2D eigenvalue weighted by Crippen LogP contribution is -2.52. The van der Waals surface area contributed by atoms with Gasteiger partial charge in [-0.3, -0.25) is 9.59 Å². The van der Waals surface area contributed by atoms with Crippen LogP contribution in [0.3, 0.4) is 0 Å². The normalized spacial score (nSPS) is 22.1. The van der Waals surface area contributed by atoms with E-state index in [4.69, 9.17) is 9.72 Å². The smallest absolute Gasteiger partial charge is 0.253 e. The molecule has 1 fully saturated rings. The van der Waals surface area contributed by atoms with Crippen LogP contribution in [0.1, 0.15) is 91.5 Å². The van der Waals surface area contributed by atoms with E-state index in [2.05, 4.69) is 49.6 Å². The number of carbonyl (C=O) groups excluding carboxylic acids is 1. The van der Waals surface area contributed by atoms with Gasteiger partial charge >= 0.3 is 0 Å². The van der Waals surface area contributed by atoms with Crippen molar-refractivity contribution in [1.82, 2.24) is 20.2 Å². The average molecular weight is 585 g/mol. The molecule has 43 heavy (non-hydrogen) atoms. The zero-order valence-electron chi connectivity index (χ0n) is 25.6. The van der Waals surface area contributed by atoms with Crippen LogP contribution in [0.15, 0.2) is 59.7 Å². The molecular formula is C35H44N4O4. The maximum Gasteiger partial charge on any atom is 0.253 e. The van der Waals surface area contributed by atoms with Gasteiger partial charge in [0, 0.05) is 49.6 Å². The molecule has 228 valence electrons. The van der Waals surface area contributed by atoms with Crippen LogP contribution in [0.25, 0.3) is 0 Å². The summed E-state index contributed by atoms with van der Waals surface area (Å²) in [6.45, 7) is 7.51. The summed E-state index contributed by atoms with van der Waals surface area (Å²) in [5.41, 5.74) is 4.69. The number of nitrogens with zero attached hydrogens (tertiary/aromatic N) is 2. The lowest BCUT2D eigenvalue weighted by atomic mass is 9.73. The summed E-state index contributed by atoms with van der Waals surface area (Å²) in [5.74, 6) is 0.395. The number of aliphatic hydroxyl groups excluding tert-OH is 1. The number of rotatable bonds is 5. The van der Waals surface area contributed by atoms with Crippen LogP contribution in [0.2, 0.25) is 0 Å². The first-order valence-electron chi connectivity index (χ1n) is 15.7. The quantitative estimate of drug-likeness (QED) is 0.408. The molecule has 3 unspecified atom stereocenters. The Labute approximate surface area is 253 Å². The standard InChI is InChI=1S/C35H44N4O4/c1-34(2,3)18-25-16-27-29(19-35(12-6-13-35)43-33(27)37-20-25)36-21-30(40)28-17-24-8-4-7-23(15-24)9-5-14-39-22-26(32(42)38-28)10-11-31(39)41/h4,7-8,10-11,15-16,20,22,28-30,36,40H,5-6,9,12-14,17-19,21H2,1-3H3,(H,38,42). The number of amides is 1. The van der Waals surface area contributed by atoms with Gasteiger partial charge in [-0.15, -0.1) is 0 Å². The van der Waals surface area contributed by atoms with Gasteiger partial charge in [0.25, 0.3) is 11.5 Å². The minimum Gasteiger partial charge on any atom is -0.471 e. The minimum atomic E-state index is -0.849. The summed E-state index contributed by atoms with van der Waals surface area (Å²) >= 11 is 0. The van der Waals surface area contributed by atoms with Gasteiger partial charge in [0.2, 0.25) is 5.88 Å². The monoisotopic (exact) mass is 584 g/mol. The Morgan fingerprint density at radius 3 is 2.72 bits per heavy atom. The number of carbonyl (C=O) groups is 1. The number of nitrogens with one attached hydrogen (secondary N) is 2. The second kappa shape index (κ2) is 11.9. The molecule has 8 heteroatoms. The molecule has 1 aromatic carbocycles. The highest BCUT2D eigenvalue weighted by molar-refractivity contribution is 5.94. The highest BCUT2D eigenvalue weighted by Gasteiger charge is 2.46. The van der Waals surface area contributed by atoms with Crippen LogP contribution < -0.4 is 20.9 Å². The maximum atomic E-state index is 13.4.